The Morgan fingerprint density at radius 2 is 1.50 bits per heavy atom. The molecule has 0 atom stereocenters. The van der Waals surface area contributed by atoms with Crippen LogP contribution in [0.3, 0.4) is 0 Å². The van der Waals surface area contributed by atoms with Crippen LogP contribution in [0.25, 0.3) is 0 Å². The van der Waals surface area contributed by atoms with E-state index < -0.39 is 17.8 Å². The normalized spacial score (nSPS) is 10.4. The number of carbonyl (C=O) groups excluding carboxylic acids is 2. The van der Waals surface area contributed by atoms with Gasteiger partial charge in [-0.05, 0) is 43.5 Å². The summed E-state index contributed by atoms with van der Waals surface area (Å²) < 4.78 is 5.55. The summed E-state index contributed by atoms with van der Waals surface area (Å²) in [6, 6.07) is 9.14. The van der Waals surface area contributed by atoms with Crippen molar-refractivity contribution in [1.82, 2.24) is 10.9 Å². The van der Waals surface area contributed by atoms with E-state index in [-0.39, 0.29) is 38.4 Å². The zero-order valence-electron chi connectivity index (χ0n) is 15.7. The third-order valence-corrected chi connectivity index (χ3v) is 4.84. The van der Waals surface area contributed by atoms with E-state index >= 15 is 0 Å². The molecule has 2 rings (SSSR count). The van der Waals surface area contributed by atoms with Gasteiger partial charge in [0.1, 0.15) is 0 Å². The second kappa shape index (κ2) is 11.6. The third kappa shape index (κ3) is 7.09. The minimum atomic E-state index is -0.834. The molecule has 0 fully saturated rings. The minimum absolute atomic E-state index is 0.109. The lowest BCUT2D eigenvalue weighted by Crippen LogP contribution is -2.41. The van der Waals surface area contributed by atoms with Crippen molar-refractivity contribution in [2.45, 2.75) is 25.7 Å². The summed E-state index contributed by atoms with van der Waals surface area (Å²) in [5.74, 6) is -1.81. The number of rotatable bonds is 9. The highest BCUT2D eigenvalue weighted by molar-refractivity contribution is 6.37. The number of carboxylic acids is 1. The Labute approximate surface area is 188 Å². The first-order valence-corrected chi connectivity index (χ1v) is 10.1. The predicted octanol–water partition coefficient (Wildman–Crippen LogP) is 4.75. The molecule has 0 heterocycles. The number of hydrogen-bond donors (Lipinski definition) is 3. The van der Waals surface area contributed by atoms with Crippen LogP contribution >= 0.6 is 34.8 Å². The standard InChI is InChI=1S/C20H19Cl3N2O5/c21-14-7-4-3-6-13(14)20(29)25-24-19(28)12-10-15(22)18(16(23)11-12)30-9-5-1-2-8-17(26)27/h3-4,6-7,10-11H,1-2,5,8-9H2,(H,24,28)(H,25,29)(H,26,27). The topological polar surface area (TPSA) is 105 Å². The zero-order valence-corrected chi connectivity index (χ0v) is 18.0. The number of ether oxygens (including phenoxy) is 1. The molecule has 0 spiro atoms. The second-order valence-corrected chi connectivity index (χ2v) is 7.43. The number of aliphatic carboxylic acids is 1. The van der Waals surface area contributed by atoms with E-state index in [0.29, 0.717) is 25.9 Å². The molecule has 0 radical (unpaired) electrons. The molecule has 30 heavy (non-hydrogen) atoms. The summed E-state index contributed by atoms with van der Waals surface area (Å²) in [5, 5.41) is 9.12. The van der Waals surface area contributed by atoms with E-state index in [0.717, 1.165) is 0 Å². The molecule has 0 saturated carbocycles. The van der Waals surface area contributed by atoms with Crippen LogP contribution in [0, 0.1) is 0 Å². The molecule has 0 aliphatic carbocycles. The second-order valence-electron chi connectivity index (χ2n) is 6.21. The minimum Gasteiger partial charge on any atom is -0.490 e. The maximum Gasteiger partial charge on any atom is 0.303 e. The van der Waals surface area contributed by atoms with E-state index in [9.17, 15) is 14.4 Å². The number of hydrazine groups is 1. The summed E-state index contributed by atoms with van der Waals surface area (Å²) in [6.07, 6.45) is 1.99. The van der Waals surface area contributed by atoms with Gasteiger partial charge in [0.2, 0.25) is 0 Å². The van der Waals surface area contributed by atoms with Gasteiger partial charge in [-0.2, -0.15) is 0 Å². The van der Waals surface area contributed by atoms with Crippen LogP contribution in [0.2, 0.25) is 15.1 Å². The fraction of sp³-hybridized carbons (Fsp3) is 0.250. The fourth-order valence-electron chi connectivity index (χ4n) is 2.46. The molecule has 2 aromatic rings. The first-order chi connectivity index (χ1) is 14.3. The number of carbonyl (C=O) groups is 3. The van der Waals surface area contributed by atoms with Gasteiger partial charge in [0.25, 0.3) is 11.8 Å². The van der Waals surface area contributed by atoms with Crippen LogP contribution in [0.15, 0.2) is 36.4 Å². The first-order valence-electron chi connectivity index (χ1n) is 8.98. The highest BCUT2D eigenvalue weighted by Crippen LogP contribution is 2.34. The lowest BCUT2D eigenvalue weighted by atomic mass is 10.2. The number of nitrogens with one attached hydrogen (secondary N) is 2. The third-order valence-electron chi connectivity index (χ3n) is 3.95. The number of halogens is 3. The van der Waals surface area contributed by atoms with E-state index in [1.807, 2.05) is 0 Å². The molecule has 3 N–H and O–H groups in total. The molecule has 0 unspecified atom stereocenters. The molecule has 7 nitrogen and oxygen atoms in total. The first kappa shape index (κ1) is 23.8. The maximum atomic E-state index is 12.3. The van der Waals surface area contributed by atoms with Crippen LogP contribution in [0.4, 0.5) is 0 Å². The van der Waals surface area contributed by atoms with Crippen molar-refractivity contribution >= 4 is 52.6 Å². The van der Waals surface area contributed by atoms with Crippen molar-refractivity contribution in [2.24, 2.45) is 0 Å². The van der Waals surface area contributed by atoms with Crippen LogP contribution in [0.5, 0.6) is 5.75 Å². The van der Waals surface area contributed by atoms with E-state index in [1.165, 1.54) is 18.2 Å². The zero-order chi connectivity index (χ0) is 22.1. The average molecular weight is 474 g/mol. The van der Waals surface area contributed by atoms with Crippen molar-refractivity contribution in [3.63, 3.8) is 0 Å². The number of unbranched alkanes of at least 4 members (excludes halogenated alkanes) is 2. The van der Waals surface area contributed by atoms with Gasteiger partial charge in [0.15, 0.2) is 5.75 Å². The highest BCUT2D eigenvalue weighted by Gasteiger charge is 2.16. The SMILES string of the molecule is O=C(O)CCCCCOc1c(Cl)cc(C(=O)NNC(=O)c2ccccc2Cl)cc1Cl. The Balaban J connectivity index is 1.90. The molecule has 2 amide bonds. The molecule has 0 saturated heterocycles. The quantitative estimate of drug-likeness (QED) is 0.360. The van der Waals surface area contributed by atoms with Gasteiger partial charge in [0, 0.05) is 12.0 Å². The van der Waals surface area contributed by atoms with Crippen LogP contribution in [-0.2, 0) is 4.79 Å². The summed E-state index contributed by atoms with van der Waals surface area (Å²) >= 11 is 18.3. The molecule has 0 bridgehead atoms. The van der Waals surface area contributed by atoms with Crippen LogP contribution < -0.4 is 15.6 Å². The van der Waals surface area contributed by atoms with Gasteiger partial charge < -0.3 is 9.84 Å². The number of benzene rings is 2. The Morgan fingerprint density at radius 1 is 0.867 bits per heavy atom. The van der Waals surface area contributed by atoms with Gasteiger partial charge in [-0.15, -0.1) is 0 Å². The molecule has 0 aliphatic rings. The monoisotopic (exact) mass is 472 g/mol. The van der Waals surface area contributed by atoms with E-state index in [1.54, 1.807) is 18.2 Å². The molecule has 10 heteroatoms. The predicted molar refractivity (Wildman–Crippen MR) is 114 cm³/mol. The van der Waals surface area contributed by atoms with E-state index in [2.05, 4.69) is 10.9 Å². The summed E-state index contributed by atoms with van der Waals surface area (Å²) in [4.78, 5) is 34.9. The Hall–Kier alpha value is -2.48. The Bertz CT molecular complexity index is 913. The summed E-state index contributed by atoms with van der Waals surface area (Å²) in [5.41, 5.74) is 4.88. The van der Waals surface area contributed by atoms with Crippen molar-refractivity contribution in [3.8, 4) is 5.75 Å². The number of carboxylic acid groups (broad SMARTS) is 1. The smallest absolute Gasteiger partial charge is 0.303 e. The van der Waals surface area contributed by atoms with E-state index in [4.69, 9.17) is 44.6 Å². The lowest BCUT2D eigenvalue weighted by molar-refractivity contribution is -0.137. The number of amides is 2. The van der Waals surface area contributed by atoms with Crippen molar-refractivity contribution in [3.05, 3.63) is 62.6 Å². The highest BCUT2D eigenvalue weighted by atomic mass is 35.5. The fourth-order valence-corrected chi connectivity index (χ4v) is 3.27. The van der Waals surface area contributed by atoms with Crippen LogP contribution in [-0.4, -0.2) is 29.5 Å². The van der Waals surface area contributed by atoms with Gasteiger partial charge in [0.05, 0.1) is 27.2 Å². The largest absolute Gasteiger partial charge is 0.490 e. The molecule has 0 aliphatic heterocycles. The van der Waals surface area contributed by atoms with Gasteiger partial charge >= 0.3 is 5.97 Å². The number of hydrogen-bond acceptors (Lipinski definition) is 4. The Morgan fingerprint density at radius 3 is 2.13 bits per heavy atom. The van der Waals surface area contributed by atoms with Crippen LogP contribution in [0.1, 0.15) is 46.4 Å². The van der Waals surface area contributed by atoms with Crippen molar-refractivity contribution < 1.29 is 24.2 Å². The molecule has 160 valence electrons. The molecular formula is C20H19Cl3N2O5. The molecule has 2 aromatic carbocycles. The summed E-state index contributed by atoms with van der Waals surface area (Å²) in [6.45, 7) is 0.304. The average Bonchev–Trinajstić information content (AvgIpc) is 2.70. The maximum absolute atomic E-state index is 12.3. The molecular weight excluding hydrogens is 455 g/mol. The molecule has 0 aromatic heterocycles. The van der Waals surface area contributed by atoms with Gasteiger partial charge in [-0.3, -0.25) is 25.2 Å². The van der Waals surface area contributed by atoms with Gasteiger partial charge in [-0.25, -0.2) is 0 Å². The summed E-state index contributed by atoms with van der Waals surface area (Å²) in [7, 11) is 0. The van der Waals surface area contributed by atoms with Gasteiger partial charge in [-0.1, -0.05) is 46.9 Å². The van der Waals surface area contributed by atoms with Crippen molar-refractivity contribution in [1.29, 1.82) is 0 Å². The lowest BCUT2D eigenvalue weighted by Gasteiger charge is -2.12. The Kier molecular flexibility index (Phi) is 9.23. The van der Waals surface area contributed by atoms with Crippen molar-refractivity contribution in [2.75, 3.05) is 6.61 Å².